The number of fused-ring (bicyclic) bond motifs is 2. The third-order valence-electron chi connectivity index (χ3n) is 6.55. The van der Waals surface area contributed by atoms with Crippen LogP contribution >= 0.6 is 0 Å². The van der Waals surface area contributed by atoms with Crippen LogP contribution in [-0.4, -0.2) is 62.5 Å². The van der Waals surface area contributed by atoms with Gasteiger partial charge in [0.15, 0.2) is 0 Å². The number of carbonyl (C=O) groups is 3. The minimum Gasteiger partial charge on any atom is -0.444 e. The predicted octanol–water partition coefficient (Wildman–Crippen LogP) is 4.45. The topological polar surface area (TPSA) is 84.7 Å². The zero-order chi connectivity index (χ0) is 24.7. The van der Waals surface area contributed by atoms with Crippen LogP contribution in [0.15, 0.2) is 48.5 Å². The number of piperidine rings is 1. The maximum absolute atomic E-state index is 12.9. The molecule has 3 aromatic rings. The van der Waals surface area contributed by atoms with E-state index < -0.39 is 5.60 Å². The Balaban J connectivity index is 1.40. The van der Waals surface area contributed by atoms with Crippen LogP contribution in [0, 0.1) is 0 Å². The molecule has 5 rings (SSSR count). The van der Waals surface area contributed by atoms with Crippen molar-refractivity contribution in [1.29, 1.82) is 0 Å². The van der Waals surface area contributed by atoms with Gasteiger partial charge in [-0.2, -0.15) is 0 Å². The second-order valence-electron chi connectivity index (χ2n) is 10.2. The Morgan fingerprint density at radius 1 is 1.00 bits per heavy atom. The highest BCUT2D eigenvalue weighted by Crippen LogP contribution is 2.31. The van der Waals surface area contributed by atoms with Gasteiger partial charge in [0.1, 0.15) is 11.4 Å². The fourth-order valence-corrected chi connectivity index (χ4v) is 4.96. The monoisotopic (exact) mass is 474 g/mol. The first-order chi connectivity index (χ1) is 16.7. The molecule has 1 aromatic heterocycles. The number of hydrogen-bond acceptors (Lipinski definition) is 5. The van der Waals surface area contributed by atoms with Gasteiger partial charge in [-0.05, 0) is 57.9 Å². The number of para-hydroxylation sites is 2. The predicted molar refractivity (Wildman–Crippen MR) is 131 cm³/mol. The Morgan fingerprint density at radius 2 is 1.66 bits per heavy atom. The lowest BCUT2D eigenvalue weighted by Crippen LogP contribution is -2.42. The molecule has 1 fully saturated rings. The average molecular weight is 475 g/mol. The van der Waals surface area contributed by atoms with Crippen LogP contribution in [-0.2, 0) is 11.3 Å². The molecule has 1 saturated heterocycles. The van der Waals surface area contributed by atoms with Crippen LogP contribution in [0.1, 0.15) is 66.1 Å². The van der Waals surface area contributed by atoms with Crippen LogP contribution in [0.4, 0.5) is 4.79 Å². The Labute approximate surface area is 204 Å². The summed E-state index contributed by atoms with van der Waals surface area (Å²) in [5.74, 6) is 0.387. The first-order valence-corrected chi connectivity index (χ1v) is 12.1. The van der Waals surface area contributed by atoms with Crippen LogP contribution in [0.25, 0.3) is 11.0 Å². The van der Waals surface area contributed by atoms with E-state index in [1.807, 2.05) is 45.0 Å². The van der Waals surface area contributed by atoms with Crippen LogP contribution < -0.4 is 0 Å². The van der Waals surface area contributed by atoms with Crippen molar-refractivity contribution in [2.75, 3.05) is 19.6 Å². The number of aromatic nitrogens is 2. The van der Waals surface area contributed by atoms with E-state index in [1.165, 1.54) is 4.90 Å². The molecule has 3 heterocycles. The molecule has 2 aliphatic rings. The minimum absolute atomic E-state index is 0.0332. The summed E-state index contributed by atoms with van der Waals surface area (Å²) in [4.78, 5) is 46.5. The largest absolute Gasteiger partial charge is 0.444 e. The number of nitrogens with zero attached hydrogens (tertiary/aromatic N) is 4. The Hall–Kier alpha value is -3.68. The molecule has 0 bridgehead atoms. The highest BCUT2D eigenvalue weighted by atomic mass is 16.6. The molecule has 0 spiro atoms. The molecule has 0 radical (unpaired) electrons. The van der Waals surface area contributed by atoms with E-state index in [1.54, 1.807) is 29.2 Å². The first-order valence-electron chi connectivity index (χ1n) is 12.1. The number of carbonyl (C=O) groups excluding carboxylic acids is 3. The molecular weight excluding hydrogens is 444 g/mol. The number of amides is 3. The van der Waals surface area contributed by atoms with Crippen molar-refractivity contribution in [2.24, 2.45) is 0 Å². The van der Waals surface area contributed by atoms with Crippen molar-refractivity contribution in [1.82, 2.24) is 19.4 Å². The Kier molecular flexibility index (Phi) is 5.83. The molecular formula is C27H30N4O4. The van der Waals surface area contributed by atoms with Gasteiger partial charge < -0.3 is 14.2 Å². The summed E-state index contributed by atoms with van der Waals surface area (Å²) in [5.41, 5.74) is 2.17. The van der Waals surface area contributed by atoms with Gasteiger partial charge in [-0.1, -0.05) is 24.3 Å². The van der Waals surface area contributed by atoms with E-state index >= 15 is 0 Å². The summed E-state index contributed by atoms with van der Waals surface area (Å²) >= 11 is 0. The third kappa shape index (κ3) is 4.40. The maximum Gasteiger partial charge on any atom is 0.410 e. The summed E-state index contributed by atoms with van der Waals surface area (Å²) in [6.07, 6.45) is 1.44. The fraction of sp³-hybridized carbons (Fsp3) is 0.407. The van der Waals surface area contributed by atoms with Crippen LogP contribution in [0.5, 0.6) is 0 Å². The highest BCUT2D eigenvalue weighted by Gasteiger charge is 2.36. The zero-order valence-electron chi connectivity index (χ0n) is 20.4. The lowest BCUT2D eigenvalue weighted by molar-refractivity contribution is 0.0194. The lowest BCUT2D eigenvalue weighted by Gasteiger charge is -2.34. The molecule has 0 N–H and O–H groups in total. The van der Waals surface area contributed by atoms with Crippen molar-refractivity contribution in [3.05, 3.63) is 65.5 Å². The van der Waals surface area contributed by atoms with Gasteiger partial charge in [0.25, 0.3) is 11.8 Å². The normalized spacial score (nSPS) is 18.3. The molecule has 1 unspecified atom stereocenters. The number of rotatable bonds is 4. The fourth-order valence-electron chi connectivity index (χ4n) is 4.96. The van der Waals surface area contributed by atoms with Crippen LogP contribution in [0.2, 0.25) is 0 Å². The van der Waals surface area contributed by atoms with Gasteiger partial charge in [0.2, 0.25) is 0 Å². The molecule has 8 nitrogen and oxygen atoms in total. The number of imidazole rings is 1. The molecule has 0 saturated carbocycles. The van der Waals surface area contributed by atoms with E-state index in [2.05, 4.69) is 4.57 Å². The van der Waals surface area contributed by atoms with Gasteiger partial charge in [-0.3, -0.25) is 14.5 Å². The van der Waals surface area contributed by atoms with Gasteiger partial charge in [-0.25, -0.2) is 9.78 Å². The quantitative estimate of drug-likeness (QED) is 0.522. The highest BCUT2D eigenvalue weighted by molar-refractivity contribution is 6.21. The van der Waals surface area contributed by atoms with Gasteiger partial charge in [0, 0.05) is 32.1 Å². The summed E-state index contributed by atoms with van der Waals surface area (Å²) in [5, 5.41) is 0. The molecule has 0 aliphatic carbocycles. The number of likely N-dealkylation sites (tertiary alicyclic amines) is 1. The smallest absolute Gasteiger partial charge is 0.410 e. The second kappa shape index (κ2) is 8.83. The molecule has 1 atom stereocenters. The van der Waals surface area contributed by atoms with Crippen molar-refractivity contribution in [3.8, 4) is 0 Å². The SMILES string of the molecule is CC(C)(C)OC(=O)N1CCCC(c2nc3ccccc3n2CCN2C(=O)c3ccccc3C2=O)C1. The molecule has 2 aliphatic heterocycles. The standard InChI is InChI=1S/C27H30N4O4/c1-27(2,3)35-26(34)29-14-8-9-18(17-29)23-28-21-12-6-7-13-22(21)30(23)15-16-31-24(32)19-10-4-5-11-20(19)25(31)33/h4-7,10-13,18H,8-9,14-17H2,1-3H3. The van der Waals surface area contributed by atoms with E-state index in [0.29, 0.717) is 30.8 Å². The third-order valence-corrected chi connectivity index (χ3v) is 6.55. The molecule has 182 valence electrons. The molecule has 3 amide bonds. The van der Waals surface area contributed by atoms with Gasteiger partial charge >= 0.3 is 6.09 Å². The first kappa shape index (κ1) is 23.1. The molecule has 2 aromatic carbocycles. The van der Waals surface area contributed by atoms with Crippen molar-refractivity contribution in [2.45, 2.75) is 51.7 Å². The minimum atomic E-state index is -0.552. The Bertz CT molecular complexity index is 1270. The van der Waals surface area contributed by atoms with Crippen LogP contribution in [0.3, 0.4) is 0 Å². The van der Waals surface area contributed by atoms with Crippen molar-refractivity contribution in [3.63, 3.8) is 0 Å². The number of hydrogen-bond donors (Lipinski definition) is 0. The van der Waals surface area contributed by atoms with E-state index in [0.717, 1.165) is 29.7 Å². The van der Waals surface area contributed by atoms with Gasteiger partial charge in [-0.15, -0.1) is 0 Å². The summed E-state index contributed by atoms with van der Waals surface area (Å²) in [7, 11) is 0. The van der Waals surface area contributed by atoms with Gasteiger partial charge in [0.05, 0.1) is 22.2 Å². The second-order valence-corrected chi connectivity index (χ2v) is 10.2. The van der Waals surface area contributed by atoms with E-state index in [-0.39, 0.29) is 30.4 Å². The zero-order valence-corrected chi connectivity index (χ0v) is 20.4. The average Bonchev–Trinajstić information content (AvgIpc) is 3.32. The van der Waals surface area contributed by atoms with Crippen molar-refractivity contribution < 1.29 is 19.1 Å². The summed E-state index contributed by atoms with van der Waals surface area (Å²) in [6.45, 7) is 7.46. The molecule has 8 heteroatoms. The van der Waals surface area contributed by atoms with E-state index in [9.17, 15) is 14.4 Å². The number of imide groups is 1. The Morgan fingerprint density at radius 3 is 2.34 bits per heavy atom. The maximum atomic E-state index is 12.9. The number of benzene rings is 2. The summed E-state index contributed by atoms with van der Waals surface area (Å²) < 4.78 is 7.70. The summed E-state index contributed by atoms with van der Waals surface area (Å²) in [6, 6.07) is 14.8. The lowest BCUT2D eigenvalue weighted by atomic mass is 9.97. The number of ether oxygens (including phenoxy) is 1. The molecule has 35 heavy (non-hydrogen) atoms. The van der Waals surface area contributed by atoms with E-state index in [4.69, 9.17) is 9.72 Å². The van der Waals surface area contributed by atoms with Crippen molar-refractivity contribution >= 4 is 28.9 Å².